The molecule has 0 fully saturated rings. The zero-order chi connectivity index (χ0) is 12.0. The van der Waals surface area contributed by atoms with Gasteiger partial charge >= 0.3 is 5.97 Å². The third-order valence-electron chi connectivity index (χ3n) is 1.84. The molecule has 1 aromatic carbocycles. The lowest BCUT2D eigenvalue weighted by molar-refractivity contribution is -0.153. The van der Waals surface area contributed by atoms with E-state index >= 15 is 0 Å². The Labute approximate surface area is 95.3 Å². The summed E-state index contributed by atoms with van der Waals surface area (Å²) in [5.41, 5.74) is 7.23. The minimum atomic E-state index is -0.342. The van der Waals surface area contributed by atoms with E-state index in [4.69, 9.17) is 15.2 Å². The van der Waals surface area contributed by atoms with Crippen molar-refractivity contribution in [3.63, 3.8) is 0 Å². The predicted molar refractivity (Wildman–Crippen MR) is 61.7 cm³/mol. The highest BCUT2D eigenvalue weighted by Crippen LogP contribution is 2.06. The topological polar surface area (TPSA) is 61.5 Å². The van der Waals surface area contributed by atoms with E-state index in [0.717, 1.165) is 5.56 Å². The Morgan fingerprint density at radius 3 is 2.50 bits per heavy atom. The quantitative estimate of drug-likeness (QED) is 0.610. The van der Waals surface area contributed by atoms with Gasteiger partial charge in [-0.15, -0.1) is 0 Å². The van der Waals surface area contributed by atoms with Crippen LogP contribution in [-0.4, -0.2) is 18.7 Å². The molecule has 0 bridgehead atoms. The summed E-state index contributed by atoms with van der Waals surface area (Å²) in [4.78, 5) is 11.1. The number of carbonyl (C=O) groups excluding carboxylic acids is 1. The molecule has 0 aliphatic heterocycles. The van der Waals surface area contributed by atoms with Crippen LogP contribution < -0.4 is 5.73 Å². The van der Waals surface area contributed by atoms with E-state index in [0.29, 0.717) is 12.3 Å². The predicted octanol–water partition coefficient (Wildman–Crippen LogP) is 1.74. The maximum atomic E-state index is 11.1. The number of ether oxygens (including phenoxy) is 2. The molecule has 1 aromatic rings. The molecule has 0 aromatic heterocycles. The van der Waals surface area contributed by atoms with Gasteiger partial charge in [-0.1, -0.05) is 12.1 Å². The van der Waals surface area contributed by atoms with Crippen LogP contribution in [0.4, 0.5) is 5.69 Å². The van der Waals surface area contributed by atoms with E-state index in [-0.39, 0.29) is 18.7 Å². The SMILES string of the molecule is CC(C)OC(=O)COCc1ccc(N)cc1. The van der Waals surface area contributed by atoms with Gasteiger partial charge in [-0.05, 0) is 31.5 Å². The van der Waals surface area contributed by atoms with Crippen LogP contribution in [-0.2, 0) is 20.9 Å². The van der Waals surface area contributed by atoms with Gasteiger partial charge in [0.15, 0.2) is 0 Å². The summed E-state index contributed by atoms with van der Waals surface area (Å²) < 4.78 is 10.1. The Kier molecular flexibility index (Phi) is 4.79. The molecule has 0 aliphatic carbocycles. The van der Waals surface area contributed by atoms with Crippen molar-refractivity contribution in [1.29, 1.82) is 0 Å². The Hall–Kier alpha value is -1.55. The first kappa shape index (κ1) is 12.5. The van der Waals surface area contributed by atoms with Crippen LogP contribution in [0.2, 0.25) is 0 Å². The highest BCUT2D eigenvalue weighted by Gasteiger charge is 2.05. The van der Waals surface area contributed by atoms with Crippen LogP contribution in [0.5, 0.6) is 0 Å². The molecule has 0 saturated heterocycles. The lowest BCUT2D eigenvalue weighted by atomic mass is 10.2. The van der Waals surface area contributed by atoms with Crippen molar-refractivity contribution in [3.8, 4) is 0 Å². The number of nitrogen functional groups attached to an aromatic ring is 1. The fourth-order valence-electron chi connectivity index (χ4n) is 1.16. The second kappa shape index (κ2) is 6.12. The van der Waals surface area contributed by atoms with Crippen molar-refractivity contribution in [1.82, 2.24) is 0 Å². The molecule has 4 nitrogen and oxygen atoms in total. The molecule has 88 valence electrons. The van der Waals surface area contributed by atoms with Gasteiger partial charge in [0.2, 0.25) is 0 Å². The summed E-state index contributed by atoms with van der Waals surface area (Å²) in [7, 11) is 0. The molecule has 0 unspecified atom stereocenters. The smallest absolute Gasteiger partial charge is 0.332 e. The van der Waals surface area contributed by atoms with Crippen molar-refractivity contribution in [2.24, 2.45) is 0 Å². The number of hydrogen-bond donors (Lipinski definition) is 1. The number of rotatable bonds is 5. The summed E-state index contributed by atoms with van der Waals surface area (Å²) in [5.74, 6) is -0.342. The van der Waals surface area contributed by atoms with Crippen molar-refractivity contribution < 1.29 is 14.3 Å². The number of carbonyl (C=O) groups is 1. The average molecular weight is 223 g/mol. The van der Waals surface area contributed by atoms with Crippen LogP contribution in [0.3, 0.4) is 0 Å². The average Bonchev–Trinajstić information content (AvgIpc) is 2.20. The third kappa shape index (κ3) is 4.79. The molecule has 0 atom stereocenters. The van der Waals surface area contributed by atoms with E-state index < -0.39 is 0 Å². The van der Waals surface area contributed by atoms with Gasteiger partial charge < -0.3 is 15.2 Å². The highest BCUT2D eigenvalue weighted by molar-refractivity contribution is 5.70. The van der Waals surface area contributed by atoms with Crippen LogP contribution in [0, 0.1) is 0 Å². The molecule has 4 heteroatoms. The number of anilines is 1. The molecule has 0 saturated carbocycles. The number of benzene rings is 1. The standard InChI is InChI=1S/C12H17NO3/c1-9(2)16-12(14)8-15-7-10-3-5-11(13)6-4-10/h3-6,9H,7-8,13H2,1-2H3. The molecule has 0 aliphatic rings. The Bertz CT molecular complexity index is 333. The number of nitrogens with two attached hydrogens (primary N) is 1. The molecule has 0 spiro atoms. The summed E-state index contributed by atoms with van der Waals surface area (Å²) in [5, 5.41) is 0. The second-order valence-corrected chi connectivity index (χ2v) is 3.77. The van der Waals surface area contributed by atoms with E-state index in [1.54, 1.807) is 26.0 Å². The Balaban J connectivity index is 2.25. The van der Waals surface area contributed by atoms with Gasteiger partial charge in [-0.2, -0.15) is 0 Å². The summed E-state index contributed by atoms with van der Waals surface area (Å²) in [6, 6.07) is 7.32. The number of hydrogen-bond acceptors (Lipinski definition) is 4. The summed E-state index contributed by atoms with van der Waals surface area (Å²) >= 11 is 0. The zero-order valence-electron chi connectivity index (χ0n) is 9.60. The highest BCUT2D eigenvalue weighted by atomic mass is 16.6. The van der Waals surface area contributed by atoms with E-state index in [1.165, 1.54) is 0 Å². The van der Waals surface area contributed by atoms with Crippen molar-refractivity contribution in [2.45, 2.75) is 26.6 Å². The normalized spacial score (nSPS) is 10.4. The van der Waals surface area contributed by atoms with E-state index in [1.807, 2.05) is 12.1 Å². The lowest BCUT2D eigenvalue weighted by Gasteiger charge is -2.08. The first-order valence-electron chi connectivity index (χ1n) is 5.19. The monoisotopic (exact) mass is 223 g/mol. The van der Waals surface area contributed by atoms with Crippen molar-refractivity contribution in [3.05, 3.63) is 29.8 Å². The second-order valence-electron chi connectivity index (χ2n) is 3.77. The molecular weight excluding hydrogens is 206 g/mol. The van der Waals surface area contributed by atoms with Crippen molar-refractivity contribution in [2.75, 3.05) is 12.3 Å². The van der Waals surface area contributed by atoms with Crippen LogP contribution >= 0.6 is 0 Å². The molecule has 2 N–H and O–H groups in total. The first-order chi connectivity index (χ1) is 7.58. The van der Waals surface area contributed by atoms with Gasteiger partial charge in [0, 0.05) is 5.69 Å². The van der Waals surface area contributed by atoms with Gasteiger partial charge in [-0.25, -0.2) is 4.79 Å². The zero-order valence-corrected chi connectivity index (χ0v) is 9.60. The third-order valence-corrected chi connectivity index (χ3v) is 1.84. The van der Waals surface area contributed by atoms with Gasteiger partial charge in [0.1, 0.15) is 6.61 Å². The first-order valence-corrected chi connectivity index (χ1v) is 5.19. The molecule has 0 amide bonds. The Morgan fingerprint density at radius 2 is 1.94 bits per heavy atom. The van der Waals surface area contributed by atoms with Crippen LogP contribution in [0.15, 0.2) is 24.3 Å². The molecule has 16 heavy (non-hydrogen) atoms. The van der Waals surface area contributed by atoms with Gasteiger partial charge in [0.25, 0.3) is 0 Å². The molecular formula is C12H17NO3. The van der Waals surface area contributed by atoms with Crippen LogP contribution in [0.1, 0.15) is 19.4 Å². The largest absolute Gasteiger partial charge is 0.461 e. The molecule has 0 heterocycles. The minimum absolute atomic E-state index is 0.0252. The van der Waals surface area contributed by atoms with E-state index in [9.17, 15) is 4.79 Å². The maximum Gasteiger partial charge on any atom is 0.332 e. The Morgan fingerprint density at radius 1 is 1.31 bits per heavy atom. The summed E-state index contributed by atoms with van der Waals surface area (Å²) in [6.07, 6.45) is -0.104. The molecule has 0 radical (unpaired) electrons. The summed E-state index contributed by atoms with van der Waals surface area (Å²) in [6.45, 7) is 3.96. The van der Waals surface area contributed by atoms with Gasteiger partial charge in [-0.3, -0.25) is 0 Å². The fraction of sp³-hybridized carbons (Fsp3) is 0.417. The van der Waals surface area contributed by atoms with Crippen molar-refractivity contribution >= 4 is 11.7 Å². The minimum Gasteiger partial charge on any atom is -0.461 e. The van der Waals surface area contributed by atoms with Crippen LogP contribution in [0.25, 0.3) is 0 Å². The lowest BCUT2D eigenvalue weighted by Crippen LogP contribution is -2.16. The van der Waals surface area contributed by atoms with E-state index in [2.05, 4.69) is 0 Å². The fourth-order valence-corrected chi connectivity index (χ4v) is 1.16. The molecule has 1 rings (SSSR count). The number of esters is 1. The maximum absolute atomic E-state index is 11.1. The van der Waals surface area contributed by atoms with Gasteiger partial charge in [0.05, 0.1) is 12.7 Å².